The van der Waals surface area contributed by atoms with E-state index in [4.69, 9.17) is 10.5 Å². The summed E-state index contributed by atoms with van der Waals surface area (Å²) in [5, 5.41) is 0. The van der Waals surface area contributed by atoms with Crippen molar-refractivity contribution in [2.75, 3.05) is 19.7 Å². The molecule has 1 saturated heterocycles. The Hall–Kier alpha value is -0.470. The predicted octanol–water partition coefficient (Wildman–Crippen LogP) is 1.70. The van der Waals surface area contributed by atoms with Gasteiger partial charge in [-0.3, -0.25) is 0 Å². The lowest BCUT2D eigenvalue weighted by Crippen LogP contribution is -2.37. The summed E-state index contributed by atoms with van der Waals surface area (Å²) in [4.78, 5) is 2.09. The van der Waals surface area contributed by atoms with E-state index in [0.29, 0.717) is 24.5 Å². The number of hydrogen-bond donors (Lipinski definition) is 1. The maximum atomic E-state index is 12.7. The number of likely N-dealkylation sites (N-methyl/N-ethyl adjacent to an activating group) is 1. The van der Waals surface area contributed by atoms with Crippen LogP contribution in [0, 0.1) is 6.92 Å². The van der Waals surface area contributed by atoms with E-state index in [-0.39, 0.29) is 6.10 Å². The van der Waals surface area contributed by atoms with Gasteiger partial charge in [0.2, 0.25) is 10.0 Å². The Kier molecular flexibility index (Phi) is 5.19. The quantitative estimate of drug-likeness (QED) is 0.866. The molecule has 114 valence electrons. The van der Waals surface area contributed by atoms with E-state index in [1.165, 1.54) is 15.6 Å². The van der Waals surface area contributed by atoms with Gasteiger partial charge in [0.05, 0.1) is 11.0 Å². The molecule has 0 spiro atoms. The number of thiophene rings is 1. The zero-order valence-electron chi connectivity index (χ0n) is 12.0. The van der Waals surface area contributed by atoms with E-state index >= 15 is 0 Å². The number of ether oxygens (including phenoxy) is 1. The lowest BCUT2D eigenvalue weighted by atomic mass is 10.2. The van der Waals surface area contributed by atoms with Crippen LogP contribution in [0.2, 0.25) is 0 Å². The molecule has 2 heterocycles. The van der Waals surface area contributed by atoms with Crippen molar-refractivity contribution < 1.29 is 13.2 Å². The van der Waals surface area contributed by atoms with Crippen molar-refractivity contribution in [1.82, 2.24) is 4.31 Å². The highest BCUT2D eigenvalue weighted by Gasteiger charge is 2.30. The summed E-state index contributed by atoms with van der Waals surface area (Å²) in [5.74, 6) is 0. The Morgan fingerprint density at radius 1 is 1.55 bits per heavy atom. The molecule has 20 heavy (non-hydrogen) atoms. The summed E-state index contributed by atoms with van der Waals surface area (Å²) in [6.45, 7) is 5.69. The van der Waals surface area contributed by atoms with Gasteiger partial charge < -0.3 is 10.5 Å². The van der Waals surface area contributed by atoms with Gasteiger partial charge >= 0.3 is 0 Å². The topological polar surface area (TPSA) is 72.6 Å². The summed E-state index contributed by atoms with van der Waals surface area (Å²) >= 11 is 1.45. The lowest BCUT2D eigenvalue weighted by molar-refractivity contribution is 0.0947. The monoisotopic (exact) mass is 318 g/mol. The molecule has 0 bridgehead atoms. The molecule has 5 nitrogen and oxygen atoms in total. The zero-order valence-corrected chi connectivity index (χ0v) is 13.6. The summed E-state index contributed by atoms with van der Waals surface area (Å²) in [5.41, 5.74) is 5.60. The first-order valence-electron chi connectivity index (χ1n) is 6.90. The molecular weight excluding hydrogens is 296 g/mol. The van der Waals surface area contributed by atoms with E-state index in [2.05, 4.69) is 0 Å². The van der Waals surface area contributed by atoms with Gasteiger partial charge in [-0.2, -0.15) is 4.31 Å². The molecule has 7 heteroatoms. The first kappa shape index (κ1) is 15.9. The molecule has 1 fully saturated rings. The fourth-order valence-corrected chi connectivity index (χ4v) is 5.40. The molecule has 0 aromatic carbocycles. The standard InChI is InChI=1S/C13H22N2O3S2/c1-3-15(9-11-5-4-6-18-11)20(16,17)13-7-12(8-14)19-10(13)2/h7,11H,3-6,8-9,14H2,1-2H3. The predicted molar refractivity (Wildman–Crippen MR) is 80.4 cm³/mol. The van der Waals surface area contributed by atoms with Crippen molar-refractivity contribution in [3.8, 4) is 0 Å². The fraction of sp³-hybridized carbons (Fsp3) is 0.692. The highest BCUT2D eigenvalue weighted by Crippen LogP contribution is 2.28. The third-order valence-electron chi connectivity index (χ3n) is 3.53. The van der Waals surface area contributed by atoms with Crippen LogP contribution in [0.3, 0.4) is 0 Å². The van der Waals surface area contributed by atoms with Crippen molar-refractivity contribution in [1.29, 1.82) is 0 Å². The Balaban J connectivity index is 2.23. The van der Waals surface area contributed by atoms with Crippen LogP contribution in [0.5, 0.6) is 0 Å². The molecule has 0 radical (unpaired) electrons. The Morgan fingerprint density at radius 3 is 2.80 bits per heavy atom. The number of aryl methyl sites for hydroxylation is 1. The number of nitrogens with zero attached hydrogens (tertiary/aromatic N) is 1. The summed E-state index contributed by atoms with van der Waals surface area (Å²) in [6.07, 6.45) is 1.97. The van der Waals surface area contributed by atoms with Crippen LogP contribution in [0.25, 0.3) is 0 Å². The highest BCUT2D eigenvalue weighted by molar-refractivity contribution is 7.89. The van der Waals surface area contributed by atoms with E-state index in [1.807, 2.05) is 13.8 Å². The molecule has 0 saturated carbocycles. The van der Waals surface area contributed by atoms with Crippen molar-refractivity contribution in [3.05, 3.63) is 15.8 Å². The molecule has 2 N–H and O–H groups in total. The van der Waals surface area contributed by atoms with Gasteiger partial charge in [-0.05, 0) is 25.8 Å². The van der Waals surface area contributed by atoms with Gasteiger partial charge in [-0.25, -0.2) is 8.42 Å². The smallest absolute Gasteiger partial charge is 0.244 e. The van der Waals surface area contributed by atoms with Crippen LogP contribution < -0.4 is 5.73 Å². The van der Waals surface area contributed by atoms with Crippen LogP contribution in [0.15, 0.2) is 11.0 Å². The maximum absolute atomic E-state index is 12.7. The number of sulfonamides is 1. The third kappa shape index (κ3) is 3.23. The Morgan fingerprint density at radius 2 is 2.30 bits per heavy atom. The number of nitrogens with two attached hydrogens (primary N) is 1. The molecule has 1 aromatic heterocycles. The molecule has 2 rings (SSSR count). The van der Waals surface area contributed by atoms with Crippen molar-refractivity contribution in [2.45, 2.75) is 44.2 Å². The minimum atomic E-state index is -3.45. The van der Waals surface area contributed by atoms with Gasteiger partial charge in [0.25, 0.3) is 0 Å². The third-order valence-corrected chi connectivity index (χ3v) is 6.80. The van der Waals surface area contributed by atoms with Crippen molar-refractivity contribution in [2.24, 2.45) is 5.73 Å². The maximum Gasteiger partial charge on any atom is 0.244 e. The average molecular weight is 318 g/mol. The minimum absolute atomic E-state index is 0.0256. The Bertz CT molecular complexity index is 548. The van der Waals surface area contributed by atoms with Crippen LogP contribution >= 0.6 is 11.3 Å². The number of hydrogen-bond acceptors (Lipinski definition) is 5. The van der Waals surface area contributed by atoms with Gasteiger partial charge in [0.1, 0.15) is 0 Å². The molecule has 1 aromatic rings. The fourth-order valence-electron chi connectivity index (χ4n) is 2.43. The molecule has 0 amide bonds. The second-order valence-electron chi connectivity index (χ2n) is 4.93. The first-order valence-corrected chi connectivity index (χ1v) is 9.15. The van der Waals surface area contributed by atoms with Crippen LogP contribution in [-0.4, -0.2) is 38.5 Å². The highest BCUT2D eigenvalue weighted by atomic mass is 32.2. The largest absolute Gasteiger partial charge is 0.377 e. The molecule has 1 aliphatic heterocycles. The second-order valence-corrected chi connectivity index (χ2v) is 8.18. The second kappa shape index (κ2) is 6.53. The summed E-state index contributed by atoms with van der Waals surface area (Å²) < 4.78 is 32.5. The minimum Gasteiger partial charge on any atom is -0.377 e. The van der Waals surface area contributed by atoms with E-state index in [0.717, 1.165) is 29.2 Å². The van der Waals surface area contributed by atoms with Crippen molar-refractivity contribution >= 4 is 21.4 Å². The molecule has 1 unspecified atom stereocenters. The van der Waals surface area contributed by atoms with Crippen LogP contribution in [0.1, 0.15) is 29.5 Å². The summed E-state index contributed by atoms with van der Waals surface area (Å²) in [6, 6.07) is 1.70. The number of rotatable bonds is 6. The normalized spacial score (nSPS) is 19.9. The Labute approximate surface area is 124 Å². The van der Waals surface area contributed by atoms with Gasteiger partial charge in [-0.1, -0.05) is 6.92 Å². The molecule has 1 atom stereocenters. The van der Waals surface area contributed by atoms with Gasteiger partial charge in [0, 0.05) is 36.0 Å². The first-order chi connectivity index (χ1) is 9.48. The summed E-state index contributed by atoms with van der Waals surface area (Å²) in [7, 11) is -3.45. The average Bonchev–Trinajstić information content (AvgIpc) is 3.04. The zero-order chi connectivity index (χ0) is 14.8. The SMILES string of the molecule is CCN(CC1CCCO1)S(=O)(=O)c1cc(CN)sc1C. The van der Waals surface area contributed by atoms with Crippen LogP contribution in [0.4, 0.5) is 0 Å². The molecule has 0 aliphatic carbocycles. The lowest BCUT2D eigenvalue weighted by Gasteiger charge is -2.23. The molecule has 1 aliphatic rings. The van der Waals surface area contributed by atoms with Gasteiger partial charge in [-0.15, -0.1) is 11.3 Å². The van der Waals surface area contributed by atoms with Crippen LogP contribution in [-0.2, 0) is 21.3 Å². The van der Waals surface area contributed by atoms with E-state index in [9.17, 15) is 8.42 Å². The van der Waals surface area contributed by atoms with Crippen molar-refractivity contribution in [3.63, 3.8) is 0 Å². The molecular formula is C13H22N2O3S2. The van der Waals surface area contributed by atoms with E-state index < -0.39 is 10.0 Å². The van der Waals surface area contributed by atoms with Gasteiger partial charge in [0.15, 0.2) is 0 Å². The van der Waals surface area contributed by atoms with E-state index in [1.54, 1.807) is 6.07 Å².